The third-order valence-electron chi connectivity index (χ3n) is 4.12. The molecule has 3 rings (SSSR count). The molecule has 0 aliphatic rings. The van der Waals surface area contributed by atoms with Crippen molar-refractivity contribution in [1.29, 1.82) is 0 Å². The summed E-state index contributed by atoms with van der Waals surface area (Å²) in [6, 6.07) is 8.20. The van der Waals surface area contributed by atoms with Gasteiger partial charge in [0.05, 0.1) is 5.56 Å². The molecule has 3 aromatic rings. The van der Waals surface area contributed by atoms with Crippen LogP contribution in [0.1, 0.15) is 16.7 Å². The number of benzene rings is 2. The number of ether oxygens (including phenoxy) is 2. The Hall–Kier alpha value is -3.49. The Kier molecular flexibility index (Phi) is 5.49. The zero-order valence-electron chi connectivity index (χ0n) is 15.1. The lowest BCUT2D eigenvalue weighted by atomic mass is 10.1. The van der Waals surface area contributed by atoms with Crippen LogP contribution in [-0.4, -0.2) is 17.7 Å². The van der Waals surface area contributed by atoms with E-state index >= 15 is 0 Å². The van der Waals surface area contributed by atoms with Crippen LogP contribution >= 0.6 is 0 Å². The molecule has 2 aromatic carbocycles. The van der Waals surface area contributed by atoms with Gasteiger partial charge in [-0.05, 0) is 37.3 Å². The predicted molar refractivity (Wildman–Crippen MR) is 95.6 cm³/mol. The molecule has 0 saturated heterocycles. The van der Waals surface area contributed by atoms with Crippen molar-refractivity contribution in [3.63, 3.8) is 0 Å². The average Bonchev–Trinajstić information content (AvgIpc) is 2.67. The fraction of sp³-hybridized carbons (Fsp3) is 0.200. The first-order valence-electron chi connectivity index (χ1n) is 8.36. The Bertz CT molecular complexity index is 1120. The fourth-order valence-electron chi connectivity index (χ4n) is 2.64. The van der Waals surface area contributed by atoms with E-state index in [1.165, 1.54) is 18.2 Å². The highest BCUT2D eigenvalue weighted by Crippen LogP contribution is 2.31. The maximum absolute atomic E-state index is 12.7. The minimum absolute atomic E-state index is 0.0516. The number of carbonyl (C=O) groups excluding carboxylic acids is 1. The Balaban J connectivity index is 1.67. The van der Waals surface area contributed by atoms with E-state index in [4.69, 9.17) is 13.9 Å². The summed E-state index contributed by atoms with van der Waals surface area (Å²) in [5, 5.41) is 10.2. The van der Waals surface area contributed by atoms with Gasteiger partial charge < -0.3 is 19.0 Å². The standard InChI is InChI=1S/C20H15F3O6/c1-11-16(24)6-5-15-12(7-17(25)29-19(11)15)9-28-18(26)10-27-14-4-2-3-13(8-14)20(21,22)23/h2-8,24H,9-10H2,1H3. The van der Waals surface area contributed by atoms with E-state index in [1.807, 2.05) is 0 Å². The lowest BCUT2D eigenvalue weighted by Crippen LogP contribution is -2.16. The summed E-state index contributed by atoms with van der Waals surface area (Å²) in [4.78, 5) is 23.6. The van der Waals surface area contributed by atoms with Crippen LogP contribution in [0.15, 0.2) is 51.7 Å². The van der Waals surface area contributed by atoms with Gasteiger partial charge in [-0.3, -0.25) is 0 Å². The van der Waals surface area contributed by atoms with Gasteiger partial charge in [-0.1, -0.05) is 6.07 Å². The molecular weight excluding hydrogens is 393 g/mol. The second kappa shape index (κ2) is 7.86. The van der Waals surface area contributed by atoms with Crippen LogP contribution in [0.25, 0.3) is 11.0 Å². The second-order valence-electron chi connectivity index (χ2n) is 6.15. The molecule has 0 saturated carbocycles. The van der Waals surface area contributed by atoms with Crippen molar-refractivity contribution in [2.24, 2.45) is 0 Å². The Morgan fingerprint density at radius 2 is 1.93 bits per heavy atom. The van der Waals surface area contributed by atoms with Gasteiger partial charge in [-0.25, -0.2) is 9.59 Å². The molecule has 152 valence electrons. The third-order valence-corrected chi connectivity index (χ3v) is 4.12. The molecule has 1 N–H and O–H groups in total. The van der Waals surface area contributed by atoms with Crippen LogP contribution in [0.3, 0.4) is 0 Å². The first-order chi connectivity index (χ1) is 13.6. The normalized spacial score (nSPS) is 11.4. The van der Waals surface area contributed by atoms with E-state index in [1.54, 1.807) is 6.92 Å². The quantitative estimate of drug-likeness (QED) is 0.508. The Morgan fingerprint density at radius 3 is 2.66 bits per heavy atom. The largest absolute Gasteiger partial charge is 0.508 e. The highest BCUT2D eigenvalue weighted by atomic mass is 19.4. The summed E-state index contributed by atoms with van der Waals surface area (Å²) < 4.78 is 53.3. The highest BCUT2D eigenvalue weighted by Gasteiger charge is 2.30. The maximum Gasteiger partial charge on any atom is 0.416 e. The molecule has 0 fully saturated rings. The monoisotopic (exact) mass is 408 g/mol. The number of aryl methyl sites for hydroxylation is 1. The van der Waals surface area contributed by atoms with Crippen LogP contribution in [0, 0.1) is 6.92 Å². The first kappa shape index (κ1) is 20.2. The van der Waals surface area contributed by atoms with E-state index in [0.717, 1.165) is 24.3 Å². The van der Waals surface area contributed by atoms with Gasteiger partial charge >= 0.3 is 17.8 Å². The number of phenolic OH excluding ortho intramolecular Hbond substituents is 1. The van der Waals surface area contributed by atoms with Gasteiger partial charge in [0.15, 0.2) is 6.61 Å². The highest BCUT2D eigenvalue weighted by molar-refractivity contribution is 5.85. The van der Waals surface area contributed by atoms with E-state index in [2.05, 4.69) is 0 Å². The minimum Gasteiger partial charge on any atom is -0.508 e. The topological polar surface area (TPSA) is 86.0 Å². The molecule has 29 heavy (non-hydrogen) atoms. The summed E-state index contributed by atoms with van der Waals surface area (Å²) in [6.45, 7) is 0.677. The zero-order valence-corrected chi connectivity index (χ0v) is 15.1. The SMILES string of the molecule is Cc1c(O)ccc2c(COC(=O)COc3cccc(C(F)(F)F)c3)cc(=O)oc12. The van der Waals surface area contributed by atoms with Crippen molar-refractivity contribution in [3.05, 3.63) is 69.6 Å². The van der Waals surface area contributed by atoms with Crippen LogP contribution in [-0.2, 0) is 22.3 Å². The summed E-state index contributed by atoms with van der Waals surface area (Å²) in [5.41, 5.74) is -0.696. The number of hydrogen-bond donors (Lipinski definition) is 1. The molecule has 9 heteroatoms. The molecule has 0 radical (unpaired) electrons. The summed E-state index contributed by atoms with van der Waals surface area (Å²) >= 11 is 0. The zero-order chi connectivity index (χ0) is 21.2. The number of carbonyl (C=O) groups is 1. The number of hydrogen-bond acceptors (Lipinski definition) is 6. The summed E-state index contributed by atoms with van der Waals surface area (Å²) in [5.74, 6) is -1.02. The van der Waals surface area contributed by atoms with E-state index in [9.17, 15) is 27.9 Å². The van der Waals surface area contributed by atoms with Crippen molar-refractivity contribution < 1.29 is 37.0 Å². The Morgan fingerprint density at radius 1 is 1.17 bits per heavy atom. The maximum atomic E-state index is 12.7. The molecule has 0 amide bonds. The molecule has 0 bridgehead atoms. The number of alkyl halides is 3. The van der Waals surface area contributed by atoms with Gasteiger partial charge in [0.1, 0.15) is 23.7 Å². The van der Waals surface area contributed by atoms with E-state index < -0.39 is 29.9 Å². The number of halogens is 3. The van der Waals surface area contributed by atoms with Crippen molar-refractivity contribution in [1.82, 2.24) is 0 Å². The average molecular weight is 408 g/mol. The molecule has 6 nitrogen and oxygen atoms in total. The molecule has 0 unspecified atom stereocenters. The summed E-state index contributed by atoms with van der Waals surface area (Å²) in [6.07, 6.45) is -4.53. The molecule has 0 spiro atoms. The van der Waals surface area contributed by atoms with Crippen molar-refractivity contribution in [2.45, 2.75) is 19.7 Å². The van der Waals surface area contributed by atoms with Gasteiger partial charge in [-0.2, -0.15) is 13.2 Å². The molecule has 1 aromatic heterocycles. The molecule has 0 aliphatic carbocycles. The van der Waals surface area contributed by atoms with Gasteiger partial charge in [-0.15, -0.1) is 0 Å². The van der Waals surface area contributed by atoms with Gasteiger partial charge in [0, 0.05) is 22.6 Å². The number of esters is 1. The second-order valence-corrected chi connectivity index (χ2v) is 6.15. The Labute approximate surface area is 162 Å². The van der Waals surface area contributed by atoms with Gasteiger partial charge in [0.25, 0.3) is 0 Å². The fourth-order valence-corrected chi connectivity index (χ4v) is 2.64. The predicted octanol–water partition coefficient (Wildman–Crippen LogP) is 3.95. The van der Waals surface area contributed by atoms with Crippen LogP contribution in [0.2, 0.25) is 0 Å². The number of phenols is 1. The third kappa shape index (κ3) is 4.68. The lowest BCUT2D eigenvalue weighted by Gasteiger charge is -2.11. The smallest absolute Gasteiger partial charge is 0.416 e. The van der Waals surface area contributed by atoms with Crippen molar-refractivity contribution in [2.75, 3.05) is 6.61 Å². The molecular formula is C20H15F3O6. The van der Waals surface area contributed by atoms with E-state index in [-0.39, 0.29) is 23.7 Å². The van der Waals surface area contributed by atoms with Crippen LogP contribution in [0.5, 0.6) is 11.5 Å². The van der Waals surface area contributed by atoms with Crippen LogP contribution in [0.4, 0.5) is 13.2 Å². The van der Waals surface area contributed by atoms with E-state index in [0.29, 0.717) is 16.5 Å². The summed E-state index contributed by atoms with van der Waals surface area (Å²) in [7, 11) is 0. The van der Waals surface area contributed by atoms with Crippen molar-refractivity contribution >= 4 is 16.9 Å². The minimum atomic E-state index is -4.53. The number of rotatable bonds is 5. The number of fused-ring (bicyclic) bond motifs is 1. The molecule has 1 heterocycles. The molecule has 0 atom stereocenters. The van der Waals surface area contributed by atoms with Crippen LogP contribution < -0.4 is 10.4 Å². The molecule has 0 aliphatic heterocycles. The first-order valence-corrected chi connectivity index (χ1v) is 8.36. The number of aromatic hydroxyl groups is 1. The lowest BCUT2D eigenvalue weighted by molar-refractivity contribution is -0.147. The van der Waals surface area contributed by atoms with Gasteiger partial charge in [0.2, 0.25) is 0 Å². The van der Waals surface area contributed by atoms with Crippen molar-refractivity contribution in [3.8, 4) is 11.5 Å².